The van der Waals surface area contributed by atoms with Crippen molar-refractivity contribution in [3.05, 3.63) is 0 Å². The molecule has 1 atom stereocenters. The molecule has 1 rings (SSSR count). The molecule has 0 radical (unpaired) electrons. The normalized spacial score (nSPS) is 20.9. The van der Waals surface area contributed by atoms with E-state index in [4.69, 9.17) is 0 Å². The second-order valence-corrected chi connectivity index (χ2v) is 4.57. The average Bonchev–Trinajstić information content (AvgIpc) is 2.68. The summed E-state index contributed by atoms with van der Waals surface area (Å²) in [5.41, 5.74) is 0. The molecule has 0 aromatic rings. The van der Waals surface area contributed by atoms with Gasteiger partial charge in [-0.25, -0.2) is 0 Å². The summed E-state index contributed by atoms with van der Waals surface area (Å²) >= 11 is 0. The van der Waals surface area contributed by atoms with Crippen molar-refractivity contribution in [2.24, 2.45) is 0 Å². The maximum Gasteiger partial charge on any atom is 0.239 e. The van der Waals surface area contributed by atoms with E-state index in [1.807, 2.05) is 11.9 Å². The number of hydrogen-bond acceptors (Lipinski definition) is 3. The van der Waals surface area contributed by atoms with Crippen LogP contribution in [0.5, 0.6) is 0 Å². The number of carbonyl (C=O) groups is 1. The van der Waals surface area contributed by atoms with Crippen LogP contribution in [0.1, 0.15) is 19.3 Å². The minimum Gasteiger partial charge on any atom is -0.344 e. The van der Waals surface area contributed by atoms with Gasteiger partial charge in [0.25, 0.3) is 0 Å². The summed E-state index contributed by atoms with van der Waals surface area (Å²) in [6.07, 6.45) is 3.17. The van der Waals surface area contributed by atoms with Gasteiger partial charge in [0.1, 0.15) is 0 Å². The third-order valence-electron chi connectivity index (χ3n) is 2.83. The van der Waals surface area contributed by atoms with Gasteiger partial charge in [-0.1, -0.05) is 0 Å². The predicted molar refractivity (Wildman–Crippen MR) is 61.8 cm³/mol. The van der Waals surface area contributed by atoms with Crippen LogP contribution in [0.2, 0.25) is 0 Å². The largest absolute Gasteiger partial charge is 0.344 e. The molecule has 1 aliphatic rings. The number of nitrogens with one attached hydrogen (secondary N) is 1. The fourth-order valence-electron chi connectivity index (χ4n) is 1.90. The minimum absolute atomic E-state index is 0.0781. The Kier molecular flexibility index (Phi) is 5.05. The standard InChI is InChI=1S/C11H23N3O/c1-13(2)8-5-9-14(3)11(15)10-6-4-7-12-10/h10,12H,4-9H2,1-3H3/t10-/m0/s1. The molecule has 0 unspecified atom stereocenters. The van der Waals surface area contributed by atoms with Gasteiger partial charge >= 0.3 is 0 Å². The van der Waals surface area contributed by atoms with E-state index in [2.05, 4.69) is 24.3 Å². The molecule has 0 aliphatic carbocycles. The van der Waals surface area contributed by atoms with E-state index < -0.39 is 0 Å². The Balaban J connectivity index is 2.20. The third kappa shape index (κ3) is 4.18. The maximum absolute atomic E-state index is 11.9. The van der Waals surface area contributed by atoms with E-state index in [1.165, 1.54) is 0 Å². The molecule has 15 heavy (non-hydrogen) atoms. The lowest BCUT2D eigenvalue weighted by Gasteiger charge is -2.21. The molecule has 1 fully saturated rings. The monoisotopic (exact) mass is 213 g/mol. The van der Waals surface area contributed by atoms with Crippen LogP contribution in [0.4, 0.5) is 0 Å². The van der Waals surface area contributed by atoms with Crippen molar-refractivity contribution in [2.75, 3.05) is 40.8 Å². The molecular formula is C11H23N3O. The van der Waals surface area contributed by atoms with Gasteiger partial charge in [-0.2, -0.15) is 0 Å². The Morgan fingerprint density at radius 3 is 2.60 bits per heavy atom. The summed E-state index contributed by atoms with van der Waals surface area (Å²) in [6, 6.07) is 0.0781. The number of rotatable bonds is 5. The van der Waals surface area contributed by atoms with Crippen LogP contribution in [-0.4, -0.2) is 62.5 Å². The molecule has 0 spiro atoms. The number of carbonyl (C=O) groups excluding carboxylic acids is 1. The first-order valence-electron chi connectivity index (χ1n) is 5.74. The average molecular weight is 213 g/mol. The van der Waals surface area contributed by atoms with Gasteiger partial charge in [0.2, 0.25) is 5.91 Å². The lowest BCUT2D eigenvalue weighted by atomic mass is 10.2. The molecule has 88 valence electrons. The fraction of sp³-hybridized carbons (Fsp3) is 0.909. The van der Waals surface area contributed by atoms with E-state index in [0.29, 0.717) is 0 Å². The minimum atomic E-state index is 0.0781. The zero-order valence-electron chi connectivity index (χ0n) is 10.1. The number of amides is 1. The van der Waals surface area contributed by atoms with Crippen molar-refractivity contribution in [2.45, 2.75) is 25.3 Å². The first-order chi connectivity index (χ1) is 7.11. The van der Waals surface area contributed by atoms with E-state index in [1.54, 1.807) is 0 Å². The van der Waals surface area contributed by atoms with Gasteiger partial charge in [-0.3, -0.25) is 4.79 Å². The maximum atomic E-state index is 11.9. The molecule has 1 saturated heterocycles. The third-order valence-corrected chi connectivity index (χ3v) is 2.83. The Morgan fingerprint density at radius 2 is 2.07 bits per heavy atom. The van der Waals surface area contributed by atoms with Crippen LogP contribution in [0, 0.1) is 0 Å². The second kappa shape index (κ2) is 6.08. The quantitative estimate of drug-likeness (QED) is 0.706. The summed E-state index contributed by atoms with van der Waals surface area (Å²) in [6.45, 7) is 2.88. The van der Waals surface area contributed by atoms with E-state index in [-0.39, 0.29) is 11.9 Å². The molecule has 0 aromatic heterocycles. The van der Waals surface area contributed by atoms with Crippen LogP contribution in [0.25, 0.3) is 0 Å². The lowest BCUT2D eigenvalue weighted by molar-refractivity contribution is -0.131. The summed E-state index contributed by atoms with van der Waals surface area (Å²) in [5, 5.41) is 3.23. The topological polar surface area (TPSA) is 35.6 Å². The van der Waals surface area contributed by atoms with Gasteiger partial charge in [0.15, 0.2) is 0 Å². The molecule has 4 nitrogen and oxygen atoms in total. The first kappa shape index (κ1) is 12.5. The molecule has 0 saturated carbocycles. The van der Waals surface area contributed by atoms with E-state index >= 15 is 0 Å². The summed E-state index contributed by atoms with van der Waals surface area (Å²) in [5.74, 6) is 0.256. The summed E-state index contributed by atoms with van der Waals surface area (Å²) in [7, 11) is 6.01. The van der Waals surface area contributed by atoms with Gasteiger partial charge in [-0.15, -0.1) is 0 Å². The SMILES string of the molecule is CN(C)CCCN(C)C(=O)[C@@H]1CCCN1. The van der Waals surface area contributed by atoms with Crippen molar-refractivity contribution in [1.29, 1.82) is 0 Å². The van der Waals surface area contributed by atoms with Crippen molar-refractivity contribution >= 4 is 5.91 Å². The predicted octanol–water partition coefficient (Wildman–Crippen LogP) is 0.149. The van der Waals surface area contributed by atoms with Crippen molar-refractivity contribution in [3.8, 4) is 0 Å². The Morgan fingerprint density at radius 1 is 1.33 bits per heavy atom. The van der Waals surface area contributed by atoms with Crippen LogP contribution in [-0.2, 0) is 4.79 Å². The van der Waals surface area contributed by atoms with Gasteiger partial charge < -0.3 is 15.1 Å². The highest BCUT2D eigenvalue weighted by atomic mass is 16.2. The Hall–Kier alpha value is -0.610. The summed E-state index contributed by atoms with van der Waals surface area (Å²) < 4.78 is 0. The highest BCUT2D eigenvalue weighted by Gasteiger charge is 2.24. The van der Waals surface area contributed by atoms with Crippen LogP contribution in [0.3, 0.4) is 0 Å². The molecule has 1 heterocycles. The fourth-order valence-corrected chi connectivity index (χ4v) is 1.90. The lowest BCUT2D eigenvalue weighted by Crippen LogP contribution is -2.42. The van der Waals surface area contributed by atoms with Crippen molar-refractivity contribution in [3.63, 3.8) is 0 Å². The Labute approximate surface area is 92.6 Å². The number of hydrogen-bond donors (Lipinski definition) is 1. The molecule has 0 aromatic carbocycles. The molecular weight excluding hydrogens is 190 g/mol. The van der Waals surface area contributed by atoms with Gasteiger partial charge in [0.05, 0.1) is 6.04 Å². The molecule has 0 bridgehead atoms. The van der Waals surface area contributed by atoms with Gasteiger partial charge in [-0.05, 0) is 46.4 Å². The van der Waals surface area contributed by atoms with Crippen LogP contribution in [0.15, 0.2) is 0 Å². The number of likely N-dealkylation sites (N-methyl/N-ethyl adjacent to an activating group) is 1. The highest BCUT2D eigenvalue weighted by molar-refractivity contribution is 5.81. The first-order valence-corrected chi connectivity index (χ1v) is 5.74. The second-order valence-electron chi connectivity index (χ2n) is 4.57. The number of nitrogens with zero attached hydrogens (tertiary/aromatic N) is 2. The van der Waals surface area contributed by atoms with Crippen molar-refractivity contribution in [1.82, 2.24) is 15.1 Å². The van der Waals surface area contributed by atoms with Crippen LogP contribution >= 0.6 is 0 Å². The Bertz CT molecular complexity index is 200. The summed E-state index contributed by atoms with van der Waals surface area (Å²) in [4.78, 5) is 15.9. The molecule has 4 heteroatoms. The van der Waals surface area contributed by atoms with Crippen molar-refractivity contribution < 1.29 is 4.79 Å². The zero-order chi connectivity index (χ0) is 11.3. The van der Waals surface area contributed by atoms with Gasteiger partial charge in [0, 0.05) is 13.6 Å². The molecule has 1 amide bonds. The van der Waals surface area contributed by atoms with Crippen LogP contribution < -0.4 is 5.32 Å². The van der Waals surface area contributed by atoms with E-state index in [9.17, 15) is 4.79 Å². The molecule has 1 aliphatic heterocycles. The molecule has 1 N–H and O–H groups in total. The van der Waals surface area contributed by atoms with E-state index in [0.717, 1.165) is 38.9 Å². The zero-order valence-corrected chi connectivity index (χ0v) is 10.1. The smallest absolute Gasteiger partial charge is 0.239 e. The highest BCUT2D eigenvalue weighted by Crippen LogP contribution is 2.07.